The SMILES string of the molecule is CCOc1ccc(/C(O)=C2/C(=O)C(=O)N(CCO)C2c2ccc(Cl)cc2)cc1. The highest BCUT2D eigenvalue weighted by Crippen LogP contribution is 2.39. The number of carbonyl (C=O) groups excluding carboxylic acids is 2. The Morgan fingerprint density at radius 2 is 1.75 bits per heavy atom. The molecule has 7 heteroatoms. The lowest BCUT2D eigenvalue weighted by Gasteiger charge is -2.24. The quantitative estimate of drug-likeness (QED) is 0.441. The van der Waals surface area contributed by atoms with Crippen LogP contribution in [0, 0.1) is 0 Å². The van der Waals surface area contributed by atoms with E-state index in [1.807, 2.05) is 6.92 Å². The van der Waals surface area contributed by atoms with Gasteiger partial charge in [-0.2, -0.15) is 0 Å². The zero-order chi connectivity index (χ0) is 20.3. The van der Waals surface area contributed by atoms with E-state index in [1.54, 1.807) is 48.5 Å². The monoisotopic (exact) mass is 401 g/mol. The first-order valence-electron chi connectivity index (χ1n) is 8.86. The van der Waals surface area contributed by atoms with Gasteiger partial charge in [0.05, 0.1) is 24.8 Å². The maximum atomic E-state index is 12.7. The topological polar surface area (TPSA) is 87.1 Å². The number of aliphatic hydroxyl groups is 2. The van der Waals surface area contributed by atoms with E-state index in [2.05, 4.69) is 0 Å². The molecule has 1 saturated heterocycles. The van der Waals surface area contributed by atoms with Gasteiger partial charge in [-0.3, -0.25) is 9.59 Å². The minimum Gasteiger partial charge on any atom is -0.507 e. The molecule has 2 aromatic rings. The van der Waals surface area contributed by atoms with Crippen LogP contribution in [0.5, 0.6) is 5.75 Å². The fourth-order valence-corrected chi connectivity index (χ4v) is 3.37. The number of hydrogen-bond acceptors (Lipinski definition) is 5. The van der Waals surface area contributed by atoms with Crippen molar-refractivity contribution in [1.82, 2.24) is 4.90 Å². The zero-order valence-corrected chi connectivity index (χ0v) is 16.0. The highest BCUT2D eigenvalue weighted by molar-refractivity contribution is 6.46. The highest BCUT2D eigenvalue weighted by Gasteiger charge is 2.45. The lowest BCUT2D eigenvalue weighted by molar-refractivity contribution is -0.140. The molecule has 1 aliphatic heterocycles. The molecule has 2 aromatic carbocycles. The predicted octanol–water partition coefficient (Wildman–Crippen LogP) is 3.15. The van der Waals surface area contributed by atoms with Crippen LogP contribution in [0.4, 0.5) is 0 Å². The van der Waals surface area contributed by atoms with Crippen molar-refractivity contribution in [3.63, 3.8) is 0 Å². The molecule has 0 aromatic heterocycles. The molecule has 1 atom stereocenters. The Bertz CT molecular complexity index is 905. The van der Waals surface area contributed by atoms with Crippen LogP contribution in [0.25, 0.3) is 5.76 Å². The van der Waals surface area contributed by atoms with Crippen LogP contribution in [-0.2, 0) is 9.59 Å². The summed E-state index contributed by atoms with van der Waals surface area (Å²) < 4.78 is 5.39. The number of benzene rings is 2. The number of likely N-dealkylation sites (tertiary alicyclic amines) is 1. The standard InChI is InChI=1S/C21H20ClNO5/c1-2-28-16-9-5-14(6-10-16)19(25)17-18(13-3-7-15(22)8-4-13)23(11-12-24)21(27)20(17)26/h3-10,18,24-25H,2,11-12H2,1H3/b19-17-. The molecule has 3 rings (SSSR count). The van der Waals surface area contributed by atoms with Crippen LogP contribution in [0.2, 0.25) is 5.02 Å². The summed E-state index contributed by atoms with van der Waals surface area (Å²) in [7, 11) is 0. The Labute approximate surface area is 167 Å². The largest absolute Gasteiger partial charge is 0.507 e. The maximum Gasteiger partial charge on any atom is 0.295 e. The fraction of sp³-hybridized carbons (Fsp3) is 0.238. The van der Waals surface area contributed by atoms with Crippen molar-refractivity contribution in [1.29, 1.82) is 0 Å². The number of rotatable bonds is 6. The van der Waals surface area contributed by atoms with Crippen molar-refractivity contribution < 1.29 is 24.5 Å². The number of nitrogens with zero attached hydrogens (tertiary/aromatic N) is 1. The third kappa shape index (κ3) is 3.74. The van der Waals surface area contributed by atoms with Gasteiger partial charge in [0.2, 0.25) is 0 Å². The summed E-state index contributed by atoms with van der Waals surface area (Å²) in [6.45, 7) is 2.04. The Morgan fingerprint density at radius 3 is 2.32 bits per heavy atom. The van der Waals surface area contributed by atoms with E-state index in [4.69, 9.17) is 16.3 Å². The molecule has 1 heterocycles. The summed E-state index contributed by atoms with van der Waals surface area (Å²) >= 11 is 5.95. The van der Waals surface area contributed by atoms with Gasteiger partial charge in [-0.25, -0.2) is 0 Å². The van der Waals surface area contributed by atoms with Crippen molar-refractivity contribution in [2.45, 2.75) is 13.0 Å². The van der Waals surface area contributed by atoms with Crippen molar-refractivity contribution in [3.05, 3.63) is 70.3 Å². The van der Waals surface area contributed by atoms with E-state index >= 15 is 0 Å². The molecule has 28 heavy (non-hydrogen) atoms. The van der Waals surface area contributed by atoms with E-state index in [-0.39, 0.29) is 24.5 Å². The van der Waals surface area contributed by atoms with Gasteiger partial charge >= 0.3 is 0 Å². The lowest BCUT2D eigenvalue weighted by atomic mass is 9.95. The number of carbonyl (C=O) groups is 2. The van der Waals surface area contributed by atoms with Crippen LogP contribution in [0.15, 0.2) is 54.1 Å². The molecule has 0 aliphatic carbocycles. The molecule has 146 valence electrons. The molecule has 6 nitrogen and oxygen atoms in total. The second-order valence-electron chi connectivity index (χ2n) is 6.23. The van der Waals surface area contributed by atoms with Crippen LogP contribution >= 0.6 is 11.6 Å². The van der Waals surface area contributed by atoms with Gasteiger partial charge in [0.15, 0.2) is 0 Å². The number of hydrogen-bond donors (Lipinski definition) is 2. The molecule has 1 amide bonds. The molecule has 1 unspecified atom stereocenters. The Balaban J connectivity index is 2.10. The molecule has 0 saturated carbocycles. The summed E-state index contributed by atoms with van der Waals surface area (Å²) in [6, 6.07) is 12.5. The van der Waals surface area contributed by atoms with Crippen LogP contribution in [0.3, 0.4) is 0 Å². The maximum absolute atomic E-state index is 12.7. The summed E-state index contributed by atoms with van der Waals surface area (Å²) in [5.41, 5.74) is 0.985. The van der Waals surface area contributed by atoms with Gasteiger partial charge in [-0.1, -0.05) is 23.7 Å². The highest BCUT2D eigenvalue weighted by atomic mass is 35.5. The molecular weight excluding hydrogens is 382 g/mol. The van der Waals surface area contributed by atoms with Gasteiger partial charge in [-0.15, -0.1) is 0 Å². The van der Waals surface area contributed by atoms with Crippen molar-refractivity contribution in [2.75, 3.05) is 19.8 Å². The van der Waals surface area contributed by atoms with E-state index in [0.717, 1.165) is 0 Å². The average Bonchev–Trinajstić information content (AvgIpc) is 2.94. The Kier molecular flexibility index (Phi) is 6.02. The van der Waals surface area contributed by atoms with Gasteiger partial charge in [-0.05, 0) is 48.9 Å². The average molecular weight is 402 g/mol. The van der Waals surface area contributed by atoms with Crippen molar-refractivity contribution >= 4 is 29.1 Å². The molecular formula is C21H20ClNO5. The fourth-order valence-electron chi connectivity index (χ4n) is 3.24. The first-order valence-corrected chi connectivity index (χ1v) is 9.23. The molecule has 0 radical (unpaired) electrons. The van der Waals surface area contributed by atoms with Gasteiger partial charge in [0.25, 0.3) is 11.7 Å². The number of ketones is 1. The first-order chi connectivity index (χ1) is 13.5. The molecule has 0 spiro atoms. The van der Waals surface area contributed by atoms with E-state index in [0.29, 0.717) is 28.5 Å². The van der Waals surface area contributed by atoms with Crippen molar-refractivity contribution in [2.24, 2.45) is 0 Å². The number of aliphatic hydroxyl groups excluding tert-OH is 2. The number of Topliss-reactive ketones (excluding diaryl/α,β-unsaturated/α-hetero) is 1. The third-order valence-electron chi connectivity index (χ3n) is 4.51. The summed E-state index contributed by atoms with van der Waals surface area (Å²) in [5.74, 6) is -1.20. The van der Waals surface area contributed by atoms with E-state index < -0.39 is 17.7 Å². The molecule has 1 fully saturated rings. The summed E-state index contributed by atoms with van der Waals surface area (Å²) in [4.78, 5) is 26.4. The van der Waals surface area contributed by atoms with Gasteiger partial charge in [0.1, 0.15) is 11.5 Å². The Morgan fingerprint density at radius 1 is 1.11 bits per heavy atom. The van der Waals surface area contributed by atoms with E-state index in [1.165, 1.54) is 4.90 Å². The number of halogens is 1. The predicted molar refractivity (Wildman–Crippen MR) is 105 cm³/mol. The number of amides is 1. The minimum atomic E-state index is -0.809. The smallest absolute Gasteiger partial charge is 0.295 e. The molecule has 1 aliphatic rings. The number of β-amino-alcohol motifs (C(OH)–C–C–N with tert-alkyl or cyclic N) is 1. The summed E-state index contributed by atoms with van der Waals surface area (Å²) in [5, 5.41) is 20.7. The minimum absolute atomic E-state index is 0.0232. The second kappa shape index (κ2) is 8.46. The van der Waals surface area contributed by atoms with Gasteiger partial charge < -0.3 is 19.8 Å². The number of ether oxygens (including phenoxy) is 1. The van der Waals surface area contributed by atoms with E-state index in [9.17, 15) is 19.8 Å². The summed E-state index contributed by atoms with van der Waals surface area (Å²) in [6.07, 6.45) is 0. The van der Waals surface area contributed by atoms with Crippen molar-refractivity contribution in [3.8, 4) is 5.75 Å². The van der Waals surface area contributed by atoms with Gasteiger partial charge in [0, 0.05) is 17.1 Å². The second-order valence-corrected chi connectivity index (χ2v) is 6.66. The first kappa shape index (κ1) is 19.9. The molecule has 0 bridgehead atoms. The zero-order valence-electron chi connectivity index (χ0n) is 15.3. The third-order valence-corrected chi connectivity index (χ3v) is 4.76. The Hall–Kier alpha value is -2.83. The van der Waals surface area contributed by atoms with Crippen LogP contribution in [-0.4, -0.2) is 46.6 Å². The van der Waals surface area contributed by atoms with Crippen LogP contribution in [0.1, 0.15) is 24.1 Å². The molecule has 2 N–H and O–H groups in total. The normalized spacial score (nSPS) is 18.5. The lowest BCUT2D eigenvalue weighted by Crippen LogP contribution is -2.32. The van der Waals surface area contributed by atoms with Crippen LogP contribution < -0.4 is 4.74 Å².